The summed E-state index contributed by atoms with van der Waals surface area (Å²) in [6, 6.07) is 6.52. The van der Waals surface area contributed by atoms with Gasteiger partial charge < -0.3 is 14.7 Å². The maximum absolute atomic E-state index is 13.9. The Morgan fingerprint density at radius 2 is 2.00 bits per heavy atom. The van der Waals surface area contributed by atoms with Crippen molar-refractivity contribution >= 4 is 11.8 Å². The van der Waals surface area contributed by atoms with E-state index in [0.717, 1.165) is 26.2 Å². The molecule has 27 heavy (non-hydrogen) atoms. The van der Waals surface area contributed by atoms with Gasteiger partial charge in [-0.05, 0) is 45.3 Å². The molecular weight excluding hydrogens is 345 g/mol. The van der Waals surface area contributed by atoms with Crippen molar-refractivity contribution in [3.8, 4) is 0 Å². The van der Waals surface area contributed by atoms with Crippen molar-refractivity contribution < 1.29 is 14.0 Å². The highest BCUT2D eigenvalue weighted by Crippen LogP contribution is 2.22. The average Bonchev–Trinajstić information content (AvgIpc) is 3.19. The van der Waals surface area contributed by atoms with Crippen molar-refractivity contribution in [2.24, 2.45) is 5.92 Å². The van der Waals surface area contributed by atoms with Gasteiger partial charge in [-0.1, -0.05) is 18.2 Å². The molecule has 2 saturated heterocycles. The van der Waals surface area contributed by atoms with E-state index >= 15 is 0 Å². The lowest BCUT2D eigenvalue weighted by molar-refractivity contribution is -0.143. The predicted molar refractivity (Wildman–Crippen MR) is 102 cm³/mol. The van der Waals surface area contributed by atoms with Crippen LogP contribution >= 0.6 is 0 Å². The molecule has 0 aliphatic carbocycles. The maximum atomic E-state index is 13.9. The van der Waals surface area contributed by atoms with E-state index in [2.05, 4.69) is 4.90 Å². The Labute approximate surface area is 161 Å². The molecule has 0 radical (unpaired) electrons. The molecule has 3 rings (SSSR count). The smallest absolute Gasteiger partial charge is 0.227 e. The normalized spacial score (nSPS) is 20.9. The molecule has 2 fully saturated rings. The van der Waals surface area contributed by atoms with Crippen LogP contribution in [0.15, 0.2) is 24.3 Å². The van der Waals surface area contributed by atoms with Gasteiger partial charge in [-0.15, -0.1) is 0 Å². The average molecular weight is 375 g/mol. The van der Waals surface area contributed by atoms with E-state index < -0.39 is 0 Å². The largest absolute Gasteiger partial charge is 0.341 e. The molecule has 148 valence electrons. The second kappa shape index (κ2) is 9.31. The lowest BCUT2D eigenvalue weighted by atomic mass is 9.95. The van der Waals surface area contributed by atoms with E-state index in [1.165, 1.54) is 18.9 Å². The summed E-state index contributed by atoms with van der Waals surface area (Å²) in [5.74, 6) is -0.363. The number of halogens is 1. The van der Waals surface area contributed by atoms with Gasteiger partial charge in [0.1, 0.15) is 5.82 Å². The first-order valence-corrected chi connectivity index (χ1v) is 10.1. The fourth-order valence-corrected chi connectivity index (χ4v) is 4.05. The van der Waals surface area contributed by atoms with E-state index in [0.29, 0.717) is 31.5 Å². The molecule has 2 aliphatic rings. The maximum Gasteiger partial charge on any atom is 0.227 e. The van der Waals surface area contributed by atoms with Gasteiger partial charge in [0.15, 0.2) is 0 Å². The fraction of sp³-hybridized carbons (Fsp3) is 0.619. The molecule has 1 aromatic carbocycles. The number of piperidine rings is 1. The highest BCUT2D eigenvalue weighted by atomic mass is 19.1. The van der Waals surface area contributed by atoms with E-state index in [9.17, 15) is 14.0 Å². The molecule has 2 aliphatic heterocycles. The summed E-state index contributed by atoms with van der Waals surface area (Å²) < 4.78 is 13.9. The van der Waals surface area contributed by atoms with Gasteiger partial charge in [0.2, 0.25) is 11.8 Å². The zero-order chi connectivity index (χ0) is 19.2. The van der Waals surface area contributed by atoms with Crippen LogP contribution < -0.4 is 0 Å². The van der Waals surface area contributed by atoms with Gasteiger partial charge in [0.25, 0.3) is 0 Å². The summed E-state index contributed by atoms with van der Waals surface area (Å²) in [6.07, 6.45) is 3.44. The van der Waals surface area contributed by atoms with Gasteiger partial charge >= 0.3 is 0 Å². The monoisotopic (exact) mass is 375 g/mol. The molecule has 2 amide bonds. The molecule has 0 N–H and O–H groups in total. The molecule has 5 nitrogen and oxygen atoms in total. The van der Waals surface area contributed by atoms with Crippen LogP contribution in [0.4, 0.5) is 4.39 Å². The number of hydrogen-bond donors (Lipinski definition) is 0. The first kappa shape index (κ1) is 19.8. The standard InChI is InChI=1S/C21H30FN3O2/c1-2-24(14-13-23-11-5-6-12-23)21(27)18-9-10-20(26)25(16-18)15-17-7-3-4-8-19(17)22/h3-4,7-8,18H,2,5-6,9-16H2,1H3/t18-/m1/s1. The number of rotatable bonds is 7. The zero-order valence-corrected chi connectivity index (χ0v) is 16.2. The van der Waals surface area contributed by atoms with Gasteiger partial charge in [0, 0.05) is 44.7 Å². The van der Waals surface area contributed by atoms with Crippen molar-refractivity contribution in [2.45, 2.75) is 39.2 Å². The van der Waals surface area contributed by atoms with Gasteiger partial charge in [-0.25, -0.2) is 4.39 Å². The van der Waals surface area contributed by atoms with Crippen molar-refractivity contribution in [3.63, 3.8) is 0 Å². The van der Waals surface area contributed by atoms with Crippen LogP contribution in [0.5, 0.6) is 0 Å². The lowest BCUT2D eigenvalue weighted by Gasteiger charge is -2.35. The Morgan fingerprint density at radius 1 is 1.26 bits per heavy atom. The second-order valence-electron chi connectivity index (χ2n) is 7.57. The van der Waals surface area contributed by atoms with Crippen LogP contribution in [0, 0.1) is 11.7 Å². The fourth-order valence-electron chi connectivity index (χ4n) is 4.05. The predicted octanol–water partition coefficient (Wildman–Crippen LogP) is 2.51. The van der Waals surface area contributed by atoms with Gasteiger partial charge in [0.05, 0.1) is 5.92 Å². The zero-order valence-electron chi connectivity index (χ0n) is 16.2. The summed E-state index contributed by atoms with van der Waals surface area (Å²) in [5, 5.41) is 0. The minimum Gasteiger partial charge on any atom is -0.341 e. The summed E-state index contributed by atoms with van der Waals surface area (Å²) in [7, 11) is 0. The number of nitrogens with zero attached hydrogens (tertiary/aromatic N) is 3. The number of benzene rings is 1. The molecule has 0 spiro atoms. The first-order chi connectivity index (χ1) is 13.1. The summed E-state index contributed by atoms with van der Waals surface area (Å²) in [6.45, 7) is 7.22. The van der Waals surface area contributed by atoms with Crippen molar-refractivity contribution in [2.75, 3.05) is 39.3 Å². The Balaban J connectivity index is 1.58. The molecular formula is C21H30FN3O2. The highest BCUT2D eigenvalue weighted by Gasteiger charge is 2.32. The Bertz CT molecular complexity index is 661. The molecule has 1 aromatic rings. The molecule has 6 heteroatoms. The number of likely N-dealkylation sites (N-methyl/N-ethyl adjacent to an activating group) is 1. The minimum absolute atomic E-state index is 0.00224. The third-order valence-corrected chi connectivity index (χ3v) is 5.75. The van der Waals surface area contributed by atoms with Crippen LogP contribution in [0.3, 0.4) is 0 Å². The molecule has 2 heterocycles. The molecule has 0 bridgehead atoms. The number of amides is 2. The molecule has 0 saturated carbocycles. The Hall–Kier alpha value is -1.95. The van der Waals surface area contributed by atoms with Crippen LogP contribution in [-0.2, 0) is 16.1 Å². The van der Waals surface area contributed by atoms with Gasteiger partial charge in [-0.2, -0.15) is 0 Å². The van der Waals surface area contributed by atoms with Crippen LogP contribution in [-0.4, -0.2) is 65.8 Å². The summed E-state index contributed by atoms with van der Waals surface area (Å²) >= 11 is 0. The molecule has 0 unspecified atom stereocenters. The SMILES string of the molecule is CCN(CCN1CCCC1)C(=O)[C@@H]1CCC(=O)N(Cc2ccccc2F)C1. The third-order valence-electron chi connectivity index (χ3n) is 5.75. The quantitative estimate of drug-likeness (QED) is 0.736. The number of carbonyl (C=O) groups excluding carboxylic acids is 2. The number of hydrogen-bond acceptors (Lipinski definition) is 3. The second-order valence-corrected chi connectivity index (χ2v) is 7.57. The minimum atomic E-state index is -0.306. The van der Waals surface area contributed by atoms with E-state index in [-0.39, 0.29) is 30.1 Å². The van der Waals surface area contributed by atoms with E-state index in [4.69, 9.17) is 0 Å². The van der Waals surface area contributed by atoms with E-state index in [1.54, 1.807) is 23.1 Å². The highest BCUT2D eigenvalue weighted by molar-refractivity contribution is 5.84. The first-order valence-electron chi connectivity index (χ1n) is 10.1. The van der Waals surface area contributed by atoms with Crippen molar-refractivity contribution in [3.05, 3.63) is 35.6 Å². The van der Waals surface area contributed by atoms with Gasteiger partial charge in [-0.3, -0.25) is 9.59 Å². The van der Waals surface area contributed by atoms with Crippen molar-refractivity contribution in [1.82, 2.24) is 14.7 Å². The molecule has 0 aromatic heterocycles. The van der Waals surface area contributed by atoms with E-state index in [1.807, 2.05) is 11.8 Å². The lowest BCUT2D eigenvalue weighted by Crippen LogP contribution is -2.48. The van der Waals surface area contributed by atoms with Crippen LogP contribution in [0.25, 0.3) is 0 Å². The molecule has 1 atom stereocenters. The van der Waals surface area contributed by atoms with Crippen LogP contribution in [0.2, 0.25) is 0 Å². The van der Waals surface area contributed by atoms with Crippen LogP contribution in [0.1, 0.15) is 38.2 Å². The summed E-state index contributed by atoms with van der Waals surface area (Å²) in [5.41, 5.74) is 0.500. The third kappa shape index (κ3) is 5.06. The summed E-state index contributed by atoms with van der Waals surface area (Å²) in [4.78, 5) is 31.3. The number of carbonyl (C=O) groups is 2. The topological polar surface area (TPSA) is 43.9 Å². The number of likely N-dealkylation sites (tertiary alicyclic amines) is 2. The Morgan fingerprint density at radius 3 is 2.70 bits per heavy atom. The Kier molecular flexibility index (Phi) is 6.83. The van der Waals surface area contributed by atoms with Crippen molar-refractivity contribution in [1.29, 1.82) is 0 Å².